The summed E-state index contributed by atoms with van der Waals surface area (Å²) < 4.78 is 30.6. The fourth-order valence-electron chi connectivity index (χ4n) is 2.75. The number of amides is 1. The van der Waals surface area contributed by atoms with E-state index in [0.717, 1.165) is 30.7 Å². The van der Waals surface area contributed by atoms with E-state index in [1.165, 1.54) is 4.31 Å². The average molecular weight is 369 g/mol. The van der Waals surface area contributed by atoms with Crippen molar-refractivity contribution in [3.05, 3.63) is 29.8 Å². The molecule has 1 fully saturated rings. The first-order chi connectivity index (χ1) is 11.8. The Labute approximate surface area is 150 Å². The largest absolute Gasteiger partial charge is 0.497 e. The van der Waals surface area contributed by atoms with E-state index in [1.54, 1.807) is 12.0 Å². The van der Waals surface area contributed by atoms with Crippen LogP contribution in [-0.2, 0) is 21.2 Å². The molecule has 7 nitrogen and oxygen atoms in total. The second-order valence-corrected chi connectivity index (χ2v) is 8.36. The summed E-state index contributed by atoms with van der Waals surface area (Å²) in [5.74, 6) is 0.598. The number of ether oxygens (including phenoxy) is 1. The predicted octanol–water partition coefficient (Wildman–Crippen LogP) is 0.273. The molecule has 0 aromatic heterocycles. The van der Waals surface area contributed by atoms with Crippen molar-refractivity contribution in [3.8, 4) is 5.75 Å². The van der Waals surface area contributed by atoms with Crippen LogP contribution in [0.15, 0.2) is 24.3 Å². The van der Waals surface area contributed by atoms with Crippen molar-refractivity contribution >= 4 is 15.9 Å². The quantitative estimate of drug-likeness (QED) is 0.690. The molecule has 1 aliphatic heterocycles. The average Bonchev–Trinajstić information content (AvgIpc) is 2.58. The number of likely N-dealkylation sites (N-methyl/N-ethyl adjacent to an activating group) is 1. The molecule has 1 heterocycles. The minimum atomic E-state index is -3.45. The maximum atomic E-state index is 12.5. The smallest absolute Gasteiger partial charge is 0.237 e. The van der Waals surface area contributed by atoms with Crippen LogP contribution < -0.4 is 4.74 Å². The van der Waals surface area contributed by atoms with Gasteiger partial charge in [0.25, 0.3) is 0 Å². The fraction of sp³-hybridized carbons (Fsp3) is 0.588. The van der Waals surface area contributed by atoms with Gasteiger partial charge >= 0.3 is 0 Å². The third kappa shape index (κ3) is 5.98. The van der Waals surface area contributed by atoms with Crippen LogP contribution >= 0.6 is 0 Å². The highest BCUT2D eigenvalue weighted by Gasteiger charge is 2.25. The number of carbonyl (C=O) groups is 1. The van der Waals surface area contributed by atoms with E-state index in [9.17, 15) is 13.2 Å². The molecule has 0 unspecified atom stereocenters. The van der Waals surface area contributed by atoms with E-state index in [-0.39, 0.29) is 19.0 Å². The van der Waals surface area contributed by atoms with E-state index < -0.39 is 10.0 Å². The maximum absolute atomic E-state index is 12.5. The second kappa shape index (κ2) is 8.64. The first-order valence-electron chi connectivity index (χ1n) is 8.34. The first-order valence-corrected chi connectivity index (χ1v) is 10.2. The Bertz CT molecular complexity index is 685. The summed E-state index contributed by atoms with van der Waals surface area (Å²) in [4.78, 5) is 16.3. The van der Waals surface area contributed by atoms with Crippen LogP contribution in [0.3, 0.4) is 0 Å². The summed E-state index contributed by atoms with van der Waals surface area (Å²) in [5.41, 5.74) is 0.972. The Hall–Kier alpha value is -1.64. The summed E-state index contributed by atoms with van der Waals surface area (Å²) in [6.45, 7) is 3.08. The topological polar surface area (TPSA) is 70.2 Å². The molecule has 8 heteroatoms. The third-order valence-electron chi connectivity index (χ3n) is 4.42. The first kappa shape index (κ1) is 19.7. The van der Waals surface area contributed by atoms with E-state index in [2.05, 4.69) is 4.90 Å². The van der Waals surface area contributed by atoms with E-state index in [4.69, 9.17) is 4.74 Å². The molecule has 0 spiro atoms. The molecule has 1 amide bonds. The van der Waals surface area contributed by atoms with Crippen LogP contribution in [0, 0.1) is 0 Å². The molecule has 140 valence electrons. The van der Waals surface area contributed by atoms with Gasteiger partial charge in [-0.2, -0.15) is 4.31 Å². The van der Waals surface area contributed by atoms with Gasteiger partial charge in [0.1, 0.15) is 5.75 Å². The van der Waals surface area contributed by atoms with Crippen molar-refractivity contribution in [2.24, 2.45) is 0 Å². The molecule has 1 aliphatic rings. The molecule has 1 aromatic rings. The number of piperazine rings is 1. The van der Waals surface area contributed by atoms with Crippen LogP contribution in [0.5, 0.6) is 5.75 Å². The van der Waals surface area contributed by atoms with Gasteiger partial charge in [0, 0.05) is 32.7 Å². The van der Waals surface area contributed by atoms with Gasteiger partial charge in [0.05, 0.1) is 19.9 Å². The number of hydrogen-bond donors (Lipinski definition) is 0. The molecule has 1 aromatic carbocycles. The van der Waals surface area contributed by atoms with E-state index >= 15 is 0 Å². The van der Waals surface area contributed by atoms with Crippen molar-refractivity contribution in [1.82, 2.24) is 14.1 Å². The molecular weight excluding hydrogens is 342 g/mol. The highest BCUT2D eigenvalue weighted by atomic mass is 32.2. The number of rotatable bonds is 7. The molecule has 0 N–H and O–H groups in total. The summed E-state index contributed by atoms with van der Waals surface area (Å²) >= 11 is 0. The van der Waals surface area contributed by atoms with Gasteiger partial charge in [-0.25, -0.2) is 8.42 Å². The van der Waals surface area contributed by atoms with Gasteiger partial charge in [-0.3, -0.25) is 4.79 Å². The zero-order valence-electron chi connectivity index (χ0n) is 15.1. The Morgan fingerprint density at radius 3 is 2.52 bits per heavy atom. The number of benzene rings is 1. The second-order valence-electron chi connectivity index (χ2n) is 6.38. The lowest BCUT2D eigenvalue weighted by Crippen LogP contribution is -2.50. The molecule has 0 aliphatic carbocycles. The van der Waals surface area contributed by atoms with Gasteiger partial charge < -0.3 is 14.5 Å². The molecule has 0 bridgehead atoms. The summed E-state index contributed by atoms with van der Waals surface area (Å²) in [7, 11) is 0.155. The van der Waals surface area contributed by atoms with Crippen LogP contribution in [-0.4, -0.2) is 88.1 Å². The lowest BCUT2D eigenvalue weighted by molar-refractivity contribution is -0.132. The van der Waals surface area contributed by atoms with Crippen molar-refractivity contribution in [3.63, 3.8) is 0 Å². The Kier molecular flexibility index (Phi) is 6.80. The number of nitrogens with zero attached hydrogens (tertiary/aromatic N) is 3. The van der Waals surface area contributed by atoms with Crippen LogP contribution in [0.1, 0.15) is 5.56 Å². The van der Waals surface area contributed by atoms with Crippen molar-refractivity contribution < 1.29 is 17.9 Å². The number of methoxy groups -OCH3 is 1. The molecule has 0 saturated carbocycles. The van der Waals surface area contributed by atoms with Crippen molar-refractivity contribution in [2.75, 3.05) is 59.7 Å². The molecule has 0 radical (unpaired) electrons. The van der Waals surface area contributed by atoms with Crippen LogP contribution in [0.25, 0.3) is 0 Å². The monoisotopic (exact) mass is 369 g/mol. The van der Waals surface area contributed by atoms with Crippen LogP contribution in [0.2, 0.25) is 0 Å². The molecular formula is C17H27N3O4S. The standard InChI is InChI=1S/C17H27N3O4S/c1-18-9-11-19(12-10-18)17(21)14-20(25(3,22)23)8-7-15-5-4-6-16(13-15)24-2/h4-6,13H,7-12,14H2,1-3H3. The normalized spacial score (nSPS) is 16.2. The lowest BCUT2D eigenvalue weighted by atomic mass is 10.1. The summed E-state index contributed by atoms with van der Waals surface area (Å²) in [6, 6.07) is 7.51. The maximum Gasteiger partial charge on any atom is 0.237 e. The zero-order valence-corrected chi connectivity index (χ0v) is 16.0. The molecule has 1 saturated heterocycles. The van der Waals surface area contributed by atoms with Gasteiger partial charge in [0.2, 0.25) is 15.9 Å². The van der Waals surface area contributed by atoms with Gasteiger partial charge in [-0.15, -0.1) is 0 Å². The zero-order chi connectivity index (χ0) is 18.4. The molecule has 2 rings (SSSR count). The number of hydrogen-bond acceptors (Lipinski definition) is 5. The fourth-order valence-corrected chi connectivity index (χ4v) is 3.52. The Morgan fingerprint density at radius 2 is 1.92 bits per heavy atom. The minimum absolute atomic E-state index is 0.105. The van der Waals surface area contributed by atoms with Crippen molar-refractivity contribution in [2.45, 2.75) is 6.42 Å². The highest BCUT2D eigenvalue weighted by molar-refractivity contribution is 7.88. The Balaban J connectivity index is 1.98. The van der Waals surface area contributed by atoms with Crippen LogP contribution in [0.4, 0.5) is 0 Å². The molecule has 25 heavy (non-hydrogen) atoms. The lowest BCUT2D eigenvalue weighted by Gasteiger charge is -2.33. The van der Waals surface area contributed by atoms with Gasteiger partial charge in [0.15, 0.2) is 0 Å². The predicted molar refractivity (Wildman–Crippen MR) is 97.2 cm³/mol. The van der Waals surface area contributed by atoms with E-state index in [1.807, 2.05) is 31.3 Å². The van der Waals surface area contributed by atoms with Crippen molar-refractivity contribution in [1.29, 1.82) is 0 Å². The van der Waals surface area contributed by atoms with Gasteiger partial charge in [-0.1, -0.05) is 12.1 Å². The number of carbonyl (C=O) groups excluding carboxylic acids is 1. The minimum Gasteiger partial charge on any atom is -0.497 e. The summed E-state index contributed by atoms with van der Waals surface area (Å²) in [6.07, 6.45) is 1.68. The van der Waals surface area contributed by atoms with E-state index in [0.29, 0.717) is 19.5 Å². The summed E-state index contributed by atoms with van der Waals surface area (Å²) in [5, 5.41) is 0. The highest BCUT2D eigenvalue weighted by Crippen LogP contribution is 2.14. The Morgan fingerprint density at radius 1 is 1.24 bits per heavy atom. The SMILES string of the molecule is COc1cccc(CCN(CC(=O)N2CCN(C)CC2)S(C)(=O)=O)c1. The third-order valence-corrected chi connectivity index (χ3v) is 5.67. The molecule has 0 atom stereocenters. The number of sulfonamides is 1. The van der Waals surface area contributed by atoms with Gasteiger partial charge in [-0.05, 0) is 31.2 Å².